The van der Waals surface area contributed by atoms with Crippen LogP contribution in [0.1, 0.15) is 145 Å². The summed E-state index contributed by atoms with van der Waals surface area (Å²) in [4.78, 5) is 52.6. The summed E-state index contributed by atoms with van der Waals surface area (Å²) in [6.07, 6.45) is 13.8. The van der Waals surface area contributed by atoms with Crippen molar-refractivity contribution in [3.05, 3.63) is 59.2 Å². The molecule has 0 heterocycles. The lowest BCUT2D eigenvalue weighted by Crippen LogP contribution is -2.65. The number of carboxylic acid groups (broad SMARTS) is 1. The van der Waals surface area contributed by atoms with E-state index in [2.05, 4.69) is 72.0 Å². The molecule has 5 fully saturated rings. The minimum Gasteiger partial charge on any atom is -0.481 e. The third-order valence-electron chi connectivity index (χ3n) is 16.9. The molecule has 1 aromatic carbocycles. The number of ketones is 1. The molecule has 6 aliphatic rings. The molecular weight excluding hydrogens is 675 g/mol. The Labute approximate surface area is 323 Å². The van der Waals surface area contributed by atoms with Gasteiger partial charge in [0.05, 0.1) is 17.4 Å². The van der Waals surface area contributed by atoms with Crippen LogP contribution < -0.4 is 5.32 Å². The molecule has 54 heavy (non-hydrogen) atoms. The Morgan fingerprint density at radius 2 is 1.57 bits per heavy atom. The van der Waals surface area contributed by atoms with Gasteiger partial charge in [-0.1, -0.05) is 84.9 Å². The fraction of sp³-hybridized carbons (Fsp3) is 0.702. The number of hydrogen-bond donors (Lipinski definition) is 2. The SMILES string of the molecule is CC(C)C1=C2[C@H]3CC[C@@H]4[C@@]5(C)CC[C@H](OC(=O)CC(C)(C)C(=O)O)C(C)(C)[C@@H]5CC[C@@]4(C)[C@]3(C)CC[C@@]2(/C=C/C(=O)NC2(c3ccccc3)CC2)CC1=O. The van der Waals surface area contributed by atoms with Crippen molar-refractivity contribution in [3.8, 4) is 0 Å². The third kappa shape index (κ3) is 5.87. The number of benzene rings is 1. The number of allylic oxidation sites excluding steroid dienone is 3. The Morgan fingerprint density at radius 1 is 0.889 bits per heavy atom. The molecule has 7 nitrogen and oxygen atoms in total. The maximum absolute atomic E-state index is 14.1. The molecular formula is C47H65NO6. The van der Waals surface area contributed by atoms with Crippen molar-refractivity contribution in [2.24, 2.45) is 56.2 Å². The maximum atomic E-state index is 14.1. The van der Waals surface area contributed by atoms with Crippen LogP contribution in [0.25, 0.3) is 0 Å². The Kier molecular flexibility index (Phi) is 9.33. The highest BCUT2D eigenvalue weighted by atomic mass is 16.5. The molecule has 0 radical (unpaired) electrons. The molecule has 2 N–H and O–H groups in total. The first-order valence-electron chi connectivity index (χ1n) is 20.9. The van der Waals surface area contributed by atoms with Gasteiger partial charge in [0.25, 0.3) is 0 Å². The second-order valence-electron chi connectivity index (χ2n) is 20.8. The lowest BCUT2D eigenvalue weighted by molar-refractivity contribution is -0.232. The molecule has 0 saturated heterocycles. The average molecular weight is 740 g/mol. The lowest BCUT2D eigenvalue weighted by atomic mass is 9.33. The highest BCUT2D eigenvalue weighted by molar-refractivity contribution is 6.01. The zero-order chi connectivity index (χ0) is 39.3. The fourth-order valence-electron chi connectivity index (χ4n) is 13.6. The number of fused-ring (bicyclic) bond motifs is 7. The standard InChI is InChI=1S/C47H65NO6/c1-29(2)38-32(49)27-46(22-19-36(50)48-47(25-26-47)30-13-11-10-12-14-30)24-23-44(8)31(39(38)46)15-16-34-43(7)20-18-35(54-37(51)28-41(3,4)40(52)53)42(5,6)33(43)17-21-45(34,44)9/h10-14,19,22,29,31,33-35H,15-18,20-21,23-28H2,1-9H3,(H,48,50)(H,52,53)/b22-19+/t31-,33+,34-,35+,43+,44-,45-,46+/m1/s1. The first-order valence-corrected chi connectivity index (χ1v) is 20.9. The summed E-state index contributed by atoms with van der Waals surface area (Å²) in [5.41, 5.74) is 1.56. The van der Waals surface area contributed by atoms with Crippen LogP contribution in [0.15, 0.2) is 53.6 Å². The smallest absolute Gasteiger partial charge is 0.309 e. The second kappa shape index (κ2) is 12.9. The van der Waals surface area contributed by atoms with Crippen molar-refractivity contribution in [3.63, 3.8) is 0 Å². The molecule has 1 amide bonds. The zero-order valence-corrected chi connectivity index (χ0v) is 34.4. The van der Waals surface area contributed by atoms with Crippen molar-refractivity contribution in [1.29, 1.82) is 0 Å². The van der Waals surface area contributed by atoms with E-state index in [-0.39, 0.29) is 63.2 Å². The van der Waals surface area contributed by atoms with Gasteiger partial charge >= 0.3 is 11.9 Å². The number of carboxylic acids is 1. The van der Waals surface area contributed by atoms with Gasteiger partial charge in [-0.25, -0.2) is 0 Å². The van der Waals surface area contributed by atoms with E-state index in [0.29, 0.717) is 18.3 Å². The Hall–Kier alpha value is -3.22. The summed E-state index contributed by atoms with van der Waals surface area (Å²) in [5.74, 6) is 0.0665. The van der Waals surface area contributed by atoms with Gasteiger partial charge in [0.2, 0.25) is 5.91 Å². The Bertz CT molecular complexity index is 1780. The number of hydrogen-bond acceptors (Lipinski definition) is 5. The zero-order valence-electron chi connectivity index (χ0n) is 34.4. The van der Waals surface area contributed by atoms with Gasteiger partial charge in [0.1, 0.15) is 6.10 Å². The summed E-state index contributed by atoms with van der Waals surface area (Å²) in [6, 6.07) is 10.3. The minimum atomic E-state index is -1.17. The van der Waals surface area contributed by atoms with E-state index >= 15 is 0 Å². The summed E-state index contributed by atoms with van der Waals surface area (Å²) >= 11 is 0. The molecule has 0 bridgehead atoms. The average Bonchev–Trinajstić information content (AvgIpc) is 3.80. The van der Waals surface area contributed by atoms with Crippen LogP contribution >= 0.6 is 0 Å². The third-order valence-corrected chi connectivity index (χ3v) is 16.9. The van der Waals surface area contributed by atoms with Crippen LogP contribution in [-0.4, -0.2) is 34.8 Å². The van der Waals surface area contributed by atoms with Crippen LogP contribution in [0.4, 0.5) is 0 Å². The van der Waals surface area contributed by atoms with Gasteiger partial charge in [0.15, 0.2) is 5.78 Å². The minimum absolute atomic E-state index is 0.00480. The molecule has 294 valence electrons. The lowest BCUT2D eigenvalue weighted by Gasteiger charge is -2.72. The summed E-state index contributed by atoms with van der Waals surface area (Å²) in [6.45, 7) is 19.7. The Balaban J connectivity index is 1.15. The van der Waals surface area contributed by atoms with E-state index in [9.17, 15) is 24.3 Å². The summed E-state index contributed by atoms with van der Waals surface area (Å²) in [5, 5.41) is 13.0. The Morgan fingerprint density at radius 3 is 2.20 bits per heavy atom. The van der Waals surface area contributed by atoms with Crippen LogP contribution in [0.2, 0.25) is 0 Å². The first kappa shape index (κ1) is 39.0. The van der Waals surface area contributed by atoms with E-state index in [0.717, 1.165) is 75.3 Å². The molecule has 0 unspecified atom stereocenters. The number of aliphatic carboxylic acids is 1. The highest BCUT2D eigenvalue weighted by Gasteiger charge is 2.70. The number of amides is 1. The number of ether oxygens (including phenoxy) is 1. The van der Waals surface area contributed by atoms with E-state index in [4.69, 9.17) is 4.74 Å². The molecule has 7 heteroatoms. The van der Waals surface area contributed by atoms with E-state index in [1.165, 1.54) is 5.57 Å². The van der Waals surface area contributed by atoms with E-state index in [1.807, 2.05) is 18.2 Å². The van der Waals surface area contributed by atoms with Crippen LogP contribution in [0.3, 0.4) is 0 Å². The normalized spacial score (nSPS) is 37.9. The molecule has 8 atom stereocenters. The van der Waals surface area contributed by atoms with E-state index in [1.54, 1.807) is 19.9 Å². The molecule has 0 aliphatic heterocycles. The van der Waals surface area contributed by atoms with E-state index < -0.39 is 22.8 Å². The summed E-state index contributed by atoms with van der Waals surface area (Å²) in [7, 11) is 0. The summed E-state index contributed by atoms with van der Waals surface area (Å²) < 4.78 is 6.17. The second-order valence-corrected chi connectivity index (χ2v) is 20.8. The van der Waals surface area contributed by atoms with Gasteiger partial charge in [-0.05, 0) is 141 Å². The van der Waals surface area contributed by atoms with Crippen molar-refractivity contribution < 1.29 is 29.0 Å². The molecule has 0 aromatic heterocycles. The number of carbonyl (C=O) groups is 4. The van der Waals surface area contributed by atoms with Crippen LogP contribution in [-0.2, 0) is 29.5 Å². The first-order chi connectivity index (χ1) is 25.2. The molecule has 7 rings (SSSR count). The quantitative estimate of drug-likeness (QED) is 0.193. The van der Waals surface area contributed by atoms with Gasteiger partial charge in [-0.2, -0.15) is 0 Å². The number of esters is 1. The maximum Gasteiger partial charge on any atom is 0.309 e. The number of carbonyl (C=O) groups excluding carboxylic acids is 3. The highest BCUT2D eigenvalue weighted by Crippen LogP contribution is 2.77. The molecule has 0 spiro atoms. The number of nitrogens with one attached hydrogen (secondary N) is 1. The fourth-order valence-corrected chi connectivity index (χ4v) is 13.6. The topological polar surface area (TPSA) is 110 Å². The monoisotopic (exact) mass is 739 g/mol. The van der Waals surface area contributed by atoms with Gasteiger partial charge in [-0.3, -0.25) is 19.2 Å². The predicted molar refractivity (Wildman–Crippen MR) is 210 cm³/mol. The van der Waals surface area contributed by atoms with Crippen LogP contribution in [0, 0.1) is 56.2 Å². The number of Topliss-reactive ketones (excluding diaryl/α,β-unsaturated/α-hetero) is 1. The van der Waals surface area contributed by atoms with Gasteiger partial charge < -0.3 is 15.2 Å². The van der Waals surface area contributed by atoms with Crippen molar-refractivity contribution in [1.82, 2.24) is 5.32 Å². The molecule has 1 aromatic rings. The largest absolute Gasteiger partial charge is 0.481 e. The van der Waals surface area contributed by atoms with Gasteiger partial charge in [-0.15, -0.1) is 0 Å². The molecule has 6 aliphatic carbocycles. The van der Waals surface area contributed by atoms with Crippen molar-refractivity contribution in [2.75, 3.05) is 0 Å². The van der Waals surface area contributed by atoms with Crippen molar-refractivity contribution in [2.45, 2.75) is 151 Å². The number of rotatable bonds is 9. The molecule has 5 saturated carbocycles. The van der Waals surface area contributed by atoms with Gasteiger partial charge in [0, 0.05) is 17.3 Å². The van der Waals surface area contributed by atoms with Crippen molar-refractivity contribution >= 4 is 23.6 Å². The predicted octanol–water partition coefficient (Wildman–Crippen LogP) is 9.74. The van der Waals surface area contributed by atoms with Crippen LogP contribution in [0.5, 0.6) is 0 Å².